The Balaban J connectivity index is 1.54. The van der Waals surface area contributed by atoms with E-state index in [1.165, 1.54) is 21.7 Å². The van der Waals surface area contributed by atoms with E-state index in [0.29, 0.717) is 13.1 Å². The Morgan fingerprint density at radius 3 is 2.54 bits per heavy atom. The van der Waals surface area contributed by atoms with Gasteiger partial charge < -0.3 is 5.32 Å². The fourth-order valence-corrected chi connectivity index (χ4v) is 5.98. The zero-order valence-corrected chi connectivity index (χ0v) is 16.9. The summed E-state index contributed by atoms with van der Waals surface area (Å²) >= 11 is 1.51. The first-order chi connectivity index (χ1) is 13.6. The van der Waals surface area contributed by atoms with E-state index < -0.39 is 15.9 Å². The molecule has 0 spiro atoms. The molecule has 0 saturated carbocycles. The summed E-state index contributed by atoms with van der Waals surface area (Å²) in [4.78, 5) is 17.3. The first kappa shape index (κ1) is 19.0. The number of para-hydroxylation sites is 1. The first-order valence-electron chi connectivity index (χ1n) is 9.27. The number of nitrogens with one attached hydrogen (secondary N) is 1. The normalized spacial score (nSPS) is 15.6. The van der Waals surface area contributed by atoms with Crippen molar-refractivity contribution in [1.82, 2.24) is 14.6 Å². The van der Waals surface area contributed by atoms with Gasteiger partial charge in [0.2, 0.25) is 10.0 Å². The molecule has 0 radical (unpaired) electrons. The van der Waals surface area contributed by atoms with E-state index >= 15 is 0 Å². The zero-order valence-electron chi connectivity index (χ0n) is 15.3. The van der Waals surface area contributed by atoms with Gasteiger partial charge in [-0.2, -0.15) is 4.31 Å². The molecule has 1 aliphatic rings. The van der Waals surface area contributed by atoms with Gasteiger partial charge in [-0.05, 0) is 37.1 Å². The molecule has 1 fully saturated rings. The molecule has 2 aromatic carbocycles. The molecule has 1 amide bonds. The molecule has 0 atom stereocenters. The lowest BCUT2D eigenvalue weighted by molar-refractivity contribution is 0.0947. The second kappa shape index (κ2) is 7.98. The summed E-state index contributed by atoms with van der Waals surface area (Å²) < 4.78 is 28.6. The Kier molecular flexibility index (Phi) is 5.43. The second-order valence-corrected chi connectivity index (χ2v) is 9.74. The molecule has 146 valence electrons. The van der Waals surface area contributed by atoms with Crippen molar-refractivity contribution in [3.05, 3.63) is 59.1 Å². The van der Waals surface area contributed by atoms with Crippen LogP contribution in [-0.2, 0) is 16.6 Å². The Bertz CT molecular complexity index is 1070. The van der Waals surface area contributed by atoms with Crippen molar-refractivity contribution in [2.24, 2.45) is 0 Å². The van der Waals surface area contributed by atoms with E-state index in [9.17, 15) is 13.2 Å². The third-order valence-electron chi connectivity index (χ3n) is 4.80. The number of fused-ring (bicyclic) bond motifs is 1. The number of carbonyl (C=O) groups excluding carboxylic acids is 1. The largest absolute Gasteiger partial charge is 0.345 e. The van der Waals surface area contributed by atoms with Gasteiger partial charge >= 0.3 is 0 Å². The lowest BCUT2D eigenvalue weighted by Crippen LogP contribution is -2.37. The van der Waals surface area contributed by atoms with Gasteiger partial charge in [0.1, 0.15) is 5.01 Å². The Morgan fingerprint density at radius 1 is 1.04 bits per heavy atom. The predicted octanol–water partition coefficient (Wildman–Crippen LogP) is 3.40. The van der Waals surface area contributed by atoms with E-state index in [1.54, 1.807) is 18.2 Å². The summed E-state index contributed by atoms with van der Waals surface area (Å²) in [6.45, 7) is 1.27. The van der Waals surface area contributed by atoms with Gasteiger partial charge in [0, 0.05) is 13.1 Å². The third kappa shape index (κ3) is 3.80. The fourth-order valence-electron chi connectivity index (χ4n) is 3.37. The van der Waals surface area contributed by atoms with Crippen LogP contribution in [0.3, 0.4) is 0 Å². The number of hydrogen-bond donors (Lipinski definition) is 1. The summed E-state index contributed by atoms with van der Waals surface area (Å²) in [6.07, 6.45) is 2.74. The van der Waals surface area contributed by atoms with Crippen LogP contribution in [-0.4, -0.2) is 36.7 Å². The van der Waals surface area contributed by atoms with Crippen molar-refractivity contribution in [3.8, 4) is 0 Å². The van der Waals surface area contributed by atoms with E-state index in [4.69, 9.17) is 0 Å². The van der Waals surface area contributed by atoms with Crippen molar-refractivity contribution in [2.75, 3.05) is 13.1 Å². The van der Waals surface area contributed by atoms with Crippen molar-refractivity contribution in [3.63, 3.8) is 0 Å². The van der Waals surface area contributed by atoms with Crippen LogP contribution in [0.25, 0.3) is 10.2 Å². The average Bonchev–Trinajstić information content (AvgIpc) is 3.15. The maximum absolute atomic E-state index is 13.0. The van der Waals surface area contributed by atoms with E-state index in [1.807, 2.05) is 24.3 Å². The van der Waals surface area contributed by atoms with Gasteiger partial charge in [-0.1, -0.05) is 30.7 Å². The molecule has 1 aromatic heterocycles. The predicted molar refractivity (Wildman–Crippen MR) is 110 cm³/mol. The van der Waals surface area contributed by atoms with Crippen LogP contribution in [0.1, 0.15) is 34.6 Å². The molecule has 4 rings (SSSR count). The fraction of sp³-hybridized carbons (Fsp3) is 0.300. The molecule has 1 saturated heterocycles. The highest BCUT2D eigenvalue weighted by molar-refractivity contribution is 7.89. The number of rotatable bonds is 5. The van der Waals surface area contributed by atoms with Gasteiger partial charge in [-0.15, -0.1) is 11.3 Å². The number of carbonyl (C=O) groups is 1. The molecule has 0 aliphatic carbocycles. The molecule has 1 aliphatic heterocycles. The molecule has 8 heteroatoms. The van der Waals surface area contributed by atoms with Crippen LogP contribution in [0.5, 0.6) is 0 Å². The van der Waals surface area contributed by atoms with Crippen LogP contribution in [0.2, 0.25) is 0 Å². The minimum atomic E-state index is -3.68. The molecule has 3 aromatic rings. The van der Waals surface area contributed by atoms with Crippen molar-refractivity contribution in [2.45, 2.75) is 30.7 Å². The lowest BCUT2D eigenvalue weighted by Gasteiger charge is -2.26. The smallest absolute Gasteiger partial charge is 0.253 e. The molecular formula is C20H21N3O3S2. The highest BCUT2D eigenvalue weighted by Gasteiger charge is 2.29. The number of hydrogen-bond acceptors (Lipinski definition) is 5. The molecule has 0 unspecified atom stereocenters. The molecule has 28 heavy (non-hydrogen) atoms. The number of aromatic nitrogens is 1. The maximum Gasteiger partial charge on any atom is 0.253 e. The van der Waals surface area contributed by atoms with Gasteiger partial charge in [0.25, 0.3) is 5.91 Å². The quantitative estimate of drug-likeness (QED) is 0.693. The van der Waals surface area contributed by atoms with Gasteiger partial charge in [-0.3, -0.25) is 4.79 Å². The van der Waals surface area contributed by atoms with Crippen molar-refractivity contribution < 1.29 is 13.2 Å². The zero-order chi connectivity index (χ0) is 19.6. The van der Waals surface area contributed by atoms with E-state index in [-0.39, 0.29) is 17.0 Å². The average molecular weight is 416 g/mol. The van der Waals surface area contributed by atoms with Gasteiger partial charge in [0.15, 0.2) is 0 Å². The molecule has 1 N–H and O–H groups in total. The molecule has 0 bridgehead atoms. The Morgan fingerprint density at radius 2 is 1.75 bits per heavy atom. The number of sulfonamides is 1. The number of piperidine rings is 1. The Labute approximate surface area is 168 Å². The molecule has 2 heterocycles. The number of nitrogens with zero attached hydrogens (tertiary/aromatic N) is 2. The SMILES string of the molecule is O=C(NCc1nc2ccccc2s1)c1ccccc1S(=O)(=O)N1CCCCC1. The standard InChI is InChI=1S/C20H21N3O3S2/c24-20(21-14-19-22-16-9-3-4-10-17(16)27-19)15-8-2-5-11-18(15)28(25,26)23-12-6-1-7-13-23/h2-5,8-11H,1,6-7,12-14H2,(H,21,24). The number of benzene rings is 2. The highest BCUT2D eigenvalue weighted by atomic mass is 32.2. The molecule has 6 nitrogen and oxygen atoms in total. The first-order valence-corrected chi connectivity index (χ1v) is 11.5. The Hall–Kier alpha value is -2.29. The number of amides is 1. The van der Waals surface area contributed by atoms with Crippen molar-refractivity contribution >= 4 is 37.5 Å². The summed E-state index contributed by atoms with van der Waals surface area (Å²) in [6, 6.07) is 14.2. The minimum absolute atomic E-state index is 0.0682. The molecular weight excluding hydrogens is 394 g/mol. The summed E-state index contributed by atoms with van der Waals surface area (Å²) in [5.74, 6) is -0.407. The topological polar surface area (TPSA) is 79.4 Å². The van der Waals surface area contributed by atoms with Gasteiger partial charge in [-0.25, -0.2) is 13.4 Å². The van der Waals surface area contributed by atoms with Crippen LogP contribution in [0, 0.1) is 0 Å². The highest BCUT2D eigenvalue weighted by Crippen LogP contribution is 2.24. The minimum Gasteiger partial charge on any atom is -0.345 e. The van der Waals surface area contributed by atoms with Crippen molar-refractivity contribution in [1.29, 1.82) is 0 Å². The van der Waals surface area contributed by atoms with Crippen LogP contribution in [0.4, 0.5) is 0 Å². The van der Waals surface area contributed by atoms with Crippen LogP contribution in [0.15, 0.2) is 53.4 Å². The lowest BCUT2D eigenvalue weighted by atomic mass is 10.2. The van der Waals surface area contributed by atoms with Crippen LogP contribution >= 0.6 is 11.3 Å². The van der Waals surface area contributed by atoms with Crippen LogP contribution < -0.4 is 5.32 Å². The second-order valence-electron chi connectivity index (χ2n) is 6.72. The monoisotopic (exact) mass is 415 g/mol. The van der Waals surface area contributed by atoms with E-state index in [2.05, 4.69) is 10.3 Å². The summed E-state index contributed by atoms with van der Waals surface area (Å²) in [5, 5.41) is 3.60. The summed E-state index contributed by atoms with van der Waals surface area (Å²) in [5.41, 5.74) is 1.07. The maximum atomic E-state index is 13.0. The van der Waals surface area contributed by atoms with Gasteiger partial charge in [0.05, 0.1) is 27.2 Å². The van der Waals surface area contributed by atoms with E-state index in [0.717, 1.165) is 34.5 Å². The summed E-state index contributed by atoms with van der Waals surface area (Å²) in [7, 11) is -3.68. The number of thiazole rings is 1. The third-order valence-corrected chi connectivity index (χ3v) is 7.80.